The lowest BCUT2D eigenvalue weighted by Gasteiger charge is -2.09. The van der Waals surface area contributed by atoms with Gasteiger partial charge in [0.05, 0.1) is 6.04 Å². The second kappa shape index (κ2) is 14.3. The Morgan fingerprint density at radius 3 is 2.24 bits per heavy atom. The van der Waals surface area contributed by atoms with E-state index < -0.39 is 18.1 Å². The zero-order valence-electron chi connectivity index (χ0n) is 14.6. The molecule has 7 N–H and O–H groups in total. The maximum Gasteiger partial charge on any atom is 0.320 e. The summed E-state index contributed by atoms with van der Waals surface area (Å²) in [5, 5.41) is 14.1. The van der Waals surface area contributed by atoms with Gasteiger partial charge in [-0.1, -0.05) is 6.42 Å². The van der Waals surface area contributed by atoms with Crippen LogP contribution in [-0.4, -0.2) is 48.1 Å². The molecule has 0 radical (unpaired) electrons. The van der Waals surface area contributed by atoms with Crippen LogP contribution in [-0.2, 0) is 14.4 Å². The summed E-state index contributed by atoms with van der Waals surface area (Å²) >= 11 is 0. The lowest BCUT2D eigenvalue weighted by atomic mass is 10.1. The van der Waals surface area contributed by atoms with E-state index in [4.69, 9.17) is 23.0 Å². The molecule has 0 fully saturated rings. The first kappa shape index (κ1) is 22.9. The number of nitrogens with one attached hydrogen (secondary N) is 2. The molecule has 0 aromatic heterocycles. The fourth-order valence-corrected chi connectivity index (χ4v) is 2.08. The number of carbonyl (C=O) groups excluding carboxylic acids is 2. The summed E-state index contributed by atoms with van der Waals surface area (Å²) in [4.78, 5) is 33.6. The van der Waals surface area contributed by atoms with Crippen LogP contribution in [0.1, 0.15) is 51.4 Å². The Morgan fingerprint density at radius 2 is 1.60 bits per heavy atom. The molecule has 0 aromatic rings. The molecule has 2 atom stereocenters. The van der Waals surface area contributed by atoms with Gasteiger partial charge < -0.3 is 27.2 Å². The van der Waals surface area contributed by atoms with Crippen LogP contribution in [0.4, 0.5) is 0 Å². The zero-order valence-corrected chi connectivity index (χ0v) is 14.6. The van der Waals surface area contributed by atoms with Crippen LogP contribution in [0, 0.1) is 12.3 Å². The van der Waals surface area contributed by atoms with E-state index in [0.29, 0.717) is 38.8 Å². The van der Waals surface area contributed by atoms with Gasteiger partial charge in [-0.3, -0.25) is 14.4 Å². The van der Waals surface area contributed by atoms with Crippen molar-refractivity contribution in [2.24, 2.45) is 11.5 Å². The Bertz CT molecular complexity index is 462. The molecule has 0 spiro atoms. The Morgan fingerprint density at radius 1 is 0.960 bits per heavy atom. The molecule has 0 aliphatic carbocycles. The summed E-state index contributed by atoms with van der Waals surface area (Å²) in [5.41, 5.74) is 10.9. The van der Waals surface area contributed by atoms with Gasteiger partial charge in [0.2, 0.25) is 11.8 Å². The average molecular weight is 354 g/mol. The molecule has 2 amide bonds. The van der Waals surface area contributed by atoms with Gasteiger partial charge in [0, 0.05) is 25.9 Å². The van der Waals surface area contributed by atoms with Crippen molar-refractivity contribution in [3.05, 3.63) is 0 Å². The summed E-state index contributed by atoms with van der Waals surface area (Å²) in [7, 11) is 0. The van der Waals surface area contributed by atoms with Crippen LogP contribution in [0.5, 0.6) is 0 Å². The topological polar surface area (TPSA) is 148 Å². The Kier molecular flexibility index (Phi) is 13.0. The molecule has 0 heterocycles. The first-order valence-electron chi connectivity index (χ1n) is 8.60. The van der Waals surface area contributed by atoms with Gasteiger partial charge in [-0.25, -0.2) is 0 Å². The number of unbranched alkanes of at least 4 members (excludes halogenated alkanes) is 3. The smallest absolute Gasteiger partial charge is 0.320 e. The van der Waals surface area contributed by atoms with Gasteiger partial charge in [-0.05, 0) is 32.1 Å². The van der Waals surface area contributed by atoms with E-state index in [1.165, 1.54) is 0 Å². The van der Waals surface area contributed by atoms with Gasteiger partial charge in [0.1, 0.15) is 6.04 Å². The van der Waals surface area contributed by atoms with Crippen LogP contribution in [0.2, 0.25) is 0 Å². The molecular formula is C17H30N4O4. The van der Waals surface area contributed by atoms with E-state index in [0.717, 1.165) is 19.3 Å². The Balaban J connectivity index is 3.49. The molecule has 8 heteroatoms. The molecular weight excluding hydrogens is 324 g/mol. The summed E-state index contributed by atoms with van der Waals surface area (Å²) in [6.07, 6.45) is 9.84. The lowest BCUT2D eigenvalue weighted by Crippen LogP contribution is -2.40. The van der Waals surface area contributed by atoms with Crippen molar-refractivity contribution >= 4 is 17.8 Å². The van der Waals surface area contributed by atoms with Gasteiger partial charge >= 0.3 is 5.97 Å². The first-order valence-corrected chi connectivity index (χ1v) is 8.60. The maximum atomic E-state index is 11.6. The molecule has 0 unspecified atom stereocenters. The van der Waals surface area contributed by atoms with Crippen LogP contribution in [0.25, 0.3) is 0 Å². The number of hydrogen-bond donors (Lipinski definition) is 5. The maximum absolute atomic E-state index is 11.6. The van der Waals surface area contributed by atoms with Gasteiger partial charge in [0.25, 0.3) is 0 Å². The summed E-state index contributed by atoms with van der Waals surface area (Å²) in [5.74, 6) is 1.07. The minimum Gasteiger partial charge on any atom is -0.480 e. The van der Waals surface area contributed by atoms with Gasteiger partial charge in [-0.15, -0.1) is 12.3 Å². The Hall–Kier alpha value is -2.11. The molecule has 0 saturated carbocycles. The van der Waals surface area contributed by atoms with E-state index in [2.05, 4.69) is 16.6 Å². The number of rotatable bonds is 14. The number of carboxylic acid groups (broad SMARTS) is 1. The van der Waals surface area contributed by atoms with E-state index >= 15 is 0 Å². The summed E-state index contributed by atoms with van der Waals surface area (Å²) in [6, 6.07) is -1.50. The van der Waals surface area contributed by atoms with Crippen molar-refractivity contribution in [3.63, 3.8) is 0 Å². The predicted octanol–water partition coefficient (Wildman–Crippen LogP) is -0.288. The number of carbonyl (C=O) groups is 3. The normalized spacial score (nSPS) is 12.7. The molecule has 0 aromatic carbocycles. The highest BCUT2D eigenvalue weighted by molar-refractivity contribution is 5.81. The fraction of sp³-hybridized carbons (Fsp3) is 0.706. The summed E-state index contributed by atoms with van der Waals surface area (Å²) in [6.45, 7) is 1.04. The van der Waals surface area contributed by atoms with Crippen LogP contribution in [0.15, 0.2) is 0 Å². The van der Waals surface area contributed by atoms with Crippen molar-refractivity contribution < 1.29 is 19.5 Å². The van der Waals surface area contributed by atoms with E-state index in [9.17, 15) is 14.4 Å². The van der Waals surface area contributed by atoms with Crippen LogP contribution < -0.4 is 22.1 Å². The number of aliphatic carboxylic acids is 1. The second-order valence-electron chi connectivity index (χ2n) is 5.91. The number of nitrogens with two attached hydrogens (primary N) is 2. The molecule has 0 bridgehead atoms. The number of carboxylic acids is 1. The molecule has 0 aliphatic heterocycles. The SMILES string of the molecule is C#CC[C@H](N)C(=O)NCCCCCC(=O)NCCCC[C@H](N)C(=O)O. The minimum atomic E-state index is -1.00. The van der Waals surface area contributed by atoms with Crippen molar-refractivity contribution in [3.8, 4) is 12.3 Å². The monoisotopic (exact) mass is 354 g/mol. The van der Waals surface area contributed by atoms with E-state index in [-0.39, 0.29) is 18.2 Å². The fourth-order valence-electron chi connectivity index (χ4n) is 2.08. The van der Waals surface area contributed by atoms with Crippen LogP contribution >= 0.6 is 0 Å². The number of amides is 2. The summed E-state index contributed by atoms with van der Waals surface area (Å²) < 4.78 is 0. The molecule has 0 aliphatic rings. The minimum absolute atomic E-state index is 0.0254. The standard InChI is InChI=1S/C17H30N4O4/c1-2-8-13(18)16(23)21-12-6-3-4-10-15(22)20-11-7-5-9-14(19)17(24)25/h1,13-14H,3-12,18-19H2,(H,20,22)(H,21,23)(H,24,25)/t13-,14-/m0/s1. The van der Waals surface area contributed by atoms with Gasteiger partial charge in [-0.2, -0.15) is 0 Å². The van der Waals surface area contributed by atoms with Crippen LogP contribution in [0.3, 0.4) is 0 Å². The van der Waals surface area contributed by atoms with E-state index in [1.807, 2.05) is 0 Å². The van der Waals surface area contributed by atoms with E-state index in [1.54, 1.807) is 0 Å². The highest BCUT2D eigenvalue weighted by atomic mass is 16.4. The third-order valence-electron chi connectivity index (χ3n) is 3.64. The zero-order chi connectivity index (χ0) is 19.1. The van der Waals surface area contributed by atoms with Crippen molar-refractivity contribution in [1.82, 2.24) is 10.6 Å². The predicted molar refractivity (Wildman–Crippen MR) is 95.4 cm³/mol. The van der Waals surface area contributed by atoms with Crippen molar-refractivity contribution in [2.75, 3.05) is 13.1 Å². The molecule has 8 nitrogen and oxygen atoms in total. The third kappa shape index (κ3) is 12.9. The average Bonchev–Trinajstić information content (AvgIpc) is 2.57. The highest BCUT2D eigenvalue weighted by Crippen LogP contribution is 2.01. The molecule has 0 saturated heterocycles. The first-order chi connectivity index (χ1) is 11.9. The third-order valence-corrected chi connectivity index (χ3v) is 3.64. The molecule has 25 heavy (non-hydrogen) atoms. The largest absolute Gasteiger partial charge is 0.480 e. The molecule has 0 rings (SSSR count). The second-order valence-corrected chi connectivity index (χ2v) is 5.91. The number of hydrogen-bond acceptors (Lipinski definition) is 5. The highest BCUT2D eigenvalue weighted by Gasteiger charge is 2.11. The quantitative estimate of drug-likeness (QED) is 0.214. The van der Waals surface area contributed by atoms with Crippen molar-refractivity contribution in [1.29, 1.82) is 0 Å². The van der Waals surface area contributed by atoms with Crippen molar-refractivity contribution in [2.45, 2.75) is 63.5 Å². The van der Waals surface area contributed by atoms with Gasteiger partial charge in [0.15, 0.2) is 0 Å². The lowest BCUT2D eigenvalue weighted by molar-refractivity contribution is -0.138. The number of terminal acetylenes is 1. The molecule has 142 valence electrons. The Labute approximate surface area is 149 Å².